The summed E-state index contributed by atoms with van der Waals surface area (Å²) in [6.45, 7) is 21.3. The van der Waals surface area contributed by atoms with E-state index < -0.39 is 21.5 Å². The smallest absolute Gasteiger partial charge is 0.224 e. The summed E-state index contributed by atoms with van der Waals surface area (Å²) in [4.78, 5) is 29.8. The first-order chi connectivity index (χ1) is 27.5. The number of carbonyl (C=O) groups excluding carboxylic acids is 2. The summed E-state index contributed by atoms with van der Waals surface area (Å²) in [6, 6.07) is 15.5. The molecule has 0 atom stereocenters. The topological polar surface area (TPSA) is 98.8 Å². The predicted octanol–water partition coefficient (Wildman–Crippen LogP) is 10.4. The van der Waals surface area contributed by atoms with E-state index in [1.807, 2.05) is 104 Å². The normalized spacial score (nSPS) is 15.4. The number of fused-ring (bicyclic) bond motifs is 2. The van der Waals surface area contributed by atoms with Crippen LogP contribution in [0, 0.1) is 50.2 Å². The van der Waals surface area contributed by atoms with E-state index in [9.17, 15) is 22.4 Å². The Morgan fingerprint density at radius 3 is 1.73 bits per heavy atom. The third kappa shape index (κ3) is 10.4. The van der Waals surface area contributed by atoms with Gasteiger partial charge in [-0.05, 0) is 137 Å². The molecule has 0 fully saturated rings. The van der Waals surface area contributed by atoms with Gasteiger partial charge in [0.25, 0.3) is 0 Å². The number of nitrogens with zero attached hydrogens (tertiary/aromatic N) is 2. The van der Waals surface area contributed by atoms with E-state index >= 15 is 4.39 Å². The van der Waals surface area contributed by atoms with Crippen LogP contribution in [0.4, 0.5) is 31.5 Å². The fraction of sp³-hybridized carbons (Fsp3) is 0.417. The highest BCUT2D eigenvalue weighted by molar-refractivity contribution is 7.91. The number of benzene rings is 4. The molecule has 59 heavy (non-hydrogen) atoms. The molecule has 2 aliphatic heterocycles. The average Bonchev–Trinajstić information content (AvgIpc) is 3.35. The Hall–Kier alpha value is -5.03. The van der Waals surface area contributed by atoms with Gasteiger partial charge in [-0.15, -0.1) is 0 Å². The molecular weight excluding hydrogens is 767 g/mol. The zero-order valence-electron chi connectivity index (χ0n) is 36.1. The van der Waals surface area contributed by atoms with Gasteiger partial charge in [-0.25, -0.2) is 17.2 Å². The fourth-order valence-electron chi connectivity index (χ4n) is 8.17. The lowest BCUT2D eigenvalue weighted by molar-refractivity contribution is -0.118. The quantitative estimate of drug-likeness (QED) is 0.184. The number of allylic oxidation sites excluding steroid dienone is 1. The highest BCUT2D eigenvalue weighted by Crippen LogP contribution is 2.37. The fourth-order valence-corrected chi connectivity index (χ4v) is 9.66. The number of amides is 2. The van der Waals surface area contributed by atoms with Gasteiger partial charge in [0, 0.05) is 68.2 Å². The summed E-state index contributed by atoms with van der Waals surface area (Å²) >= 11 is 0. The minimum absolute atomic E-state index is 0.0167. The Bertz CT molecular complexity index is 2420. The third-order valence-electron chi connectivity index (χ3n) is 10.9. The van der Waals surface area contributed by atoms with Crippen molar-refractivity contribution in [3.05, 3.63) is 117 Å². The van der Waals surface area contributed by atoms with Crippen LogP contribution < -0.4 is 20.4 Å². The summed E-state index contributed by atoms with van der Waals surface area (Å²) < 4.78 is 58.3. The zero-order valence-corrected chi connectivity index (χ0v) is 36.9. The predicted molar refractivity (Wildman–Crippen MR) is 236 cm³/mol. The van der Waals surface area contributed by atoms with Gasteiger partial charge < -0.3 is 20.4 Å². The first-order valence-electron chi connectivity index (χ1n) is 20.3. The summed E-state index contributed by atoms with van der Waals surface area (Å²) in [5, 5.41) is 6.16. The van der Waals surface area contributed by atoms with Crippen LogP contribution in [0.15, 0.2) is 65.6 Å². The molecule has 0 aromatic heterocycles. The molecule has 314 valence electrons. The van der Waals surface area contributed by atoms with Crippen LogP contribution in [0.2, 0.25) is 0 Å². The molecule has 2 aliphatic rings. The molecule has 4 aromatic carbocycles. The molecule has 0 radical (unpaired) electrons. The molecule has 0 saturated carbocycles. The van der Waals surface area contributed by atoms with Crippen LogP contribution in [0.3, 0.4) is 0 Å². The van der Waals surface area contributed by atoms with Gasteiger partial charge in [0.05, 0.1) is 10.6 Å². The van der Waals surface area contributed by atoms with Crippen molar-refractivity contribution in [3.8, 4) is 0 Å². The number of hydrogen-bond donors (Lipinski definition) is 2. The third-order valence-corrected chi connectivity index (χ3v) is 12.7. The number of rotatable bonds is 8. The summed E-state index contributed by atoms with van der Waals surface area (Å²) in [5.41, 5.74) is 9.65. The van der Waals surface area contributed by atoms with Crippen LogP contribution in [0.1, 0.15) is 98.9 Å². The molecule has 0 bridgehead atoms. The Morgan fingerprint density at radius 2 is 1.20 bits per heavy atom. The van der Waals surface area contributed by atoms with Crippen molar-refractivity contribution in [2.75, 3.05) is 39.3 Å². The van der Waals surface area contributed by atoms with Gasteiger partial charge >= 0.3 is 0 Å². The molecule has 0 saturated heterocycles. The summed E-state index contributed by atoms with van der Waals surface area (Å²) in [5.74, 6) is -1.32. The number of carbonyl (C=O) groups is 2. The second-order valence-electron chi connectivity index (χ2n) is 18.9. The average molecular weight is 825 g/mol. The number of anilines is 4. The molecule has 2 amide bonds. The Kier molecular flexibility index (Phi) is 12.2. The maximum atomic E-state index is 16.1. The first kappa shape index (κ1) is 43.5. The van der Waals surface area contributed by atoms with Gasteiger partial charge in [-0.1, -0.05) is 53.7 Å². The number of nitrogens with one attached hydrogen (secondary N) is 2. The lowest BCUT2D eigenvalue weighted by Gasteiger charge is -2.25. The van der Waals surface area contributed by atoms with E-state index in [2.05, 4.69) is 15.5 Å². The number of sulfone groups is 1. The highest BCUT2D eigenvalue weighted by atomic mass is 32.2. The number of hydrogen-bond acceptors (Lipinski definition) is 6. The molecule has 2 N–H and O–H groups in total. The maximum absolute atomic E-state index is 16.1. The van der Waals surface area contributed by atoms with Gasteiger partial charge in [0.2, 0.25) is 11.8 Å². The second kappa shape index (κ2) is 16.6. The van der Waals surface area contributed by atoms with E-state index in [-0.39, 0.29) is 52.8 Å². The first-order valence-corrected chi connectivity index (χ1v) is 22.0. The van der Waals surface area contributed by atoms with Gasteiger partial charge in [0.1, 0.15) is 11.6 Å². The molecule has 6 rings (SSSR count). The van der Waals surface area contributed by atoms with Crippen molar-refractivity contribution < 1.29 is 26.8 Å². The van der Waals surface area contributed by atoms with Crippen LogP contribution in [-0.2, 0) is 38.9 Å². The molecule has 11 heteroatoms. The van der Waals surface area contributed by atoms with E-state index in [0.29, 0.717) is 42.6 Å². The van der Waals surface area contributed by atoms with Crippen molar-refractivity contribution >= 4 is 50.0 Å². The minimum atomic E-state index is -3.81. The molecule has 0 unspecified atom stereocenters. The standard InChI is InChI=1S/C48H58F2N4O4S/c1-29-17-38(18-30(2)45(29)51-43(55)25-47(5,6)7)53-14-13-33(40-23-37(49)12-11-34(40)27-53)21-35-22-36-28-54(15-16-59(57,58)42(36)24-41(35)50)39-19-31(3)46(32(4)20-39)52-44(56)26-48(8,9)10/h11-13,17-20,22-24H,14-16,21,25-28H2,1-10H3,(H,51,55)(H,52,56). The Morgan fingerprint density at radius 1 is 0.695 bits per heavy atom. The van der Waals surface area contributed by atoms with E-state index in [0.717, 1.165) is 62.2 Å². The van der Waals surface area contributed by atoms with Crippen LogP contribution in [-0.4, -0.2) is 39.1 Å². The van der Waals surface area contributed by atoms with Crippen LogP contribution in [0.25, 0.3) is 5.57 Å². The lowest BCUT2D eigenvalue weighted by Crippen LogP contribution is -2.26. The monoisotopic (exact) mass is 824 g/mol. The van der Waals surface area contributed by atoms with Crippen LogP contribution >= 0.6 is 0 Å². The van der Waals surface area contributed by atoms with Crippen molar-refractivity contribution in [2.45, 2.75) is 106 Å². The maximum Gasteiger partial charge on any atom is 0.224 e. The number of halogens is 2. The van der Waals surface area contributed by atoms with Gasteiger partial charge in [-0.2, -0.15) is 0 Å². The van der Waals surface area contributed by atoms with Crippen LogP contribution in [0.5, 0.6) is 0 Å². The Labute approximate surface area is 349 Å². The van der Waals surface area contributed by atoms with Crippen molar-refractivity contribution in [1.82, 2.24) is 0 Å². The second-order valence-corrected chi connectivity index (χ2v) is 20.9. The Balaban J connectivity index is 1.30. The van der Waals surface area contributed by atoms with E-state index in [1.165, 1.54) is 12.1 Å². The van der Waals surface area contributed by atoms with Gasteiger partial charge in [-0.3, -0.25) is 9.59 Å². The van der Waals surface area contributed by atoms with Crippen molar-refractivity contribution in [2.24, 2.45) is 10.8 Å². The van der Waals surface area contributed by atoms with E-state index in [1.54, 1.807) is 12.1 Å². The summed E-state index contributed by atoms with van der Waals surface area (Å²) in [7, 11) is -3.81. The number of aryl methyl sites for hydroxylation is 4. The lowest BCUT2D eigenvalue weighted by atomic mass is 9.92. The molecule has 4 aromatic rings. The molecule has 2 heterocycles. The largest absolute Gasteiger partial charge is 0.366 e. The molecule has 8 nitrogen and oxygen atoms in total. The highest BCUT2D eigenvalue weighted by Gasteiger charge is 2.29. The van der Waals surface area contributed by atoms with Crippen molar-refractivity contribution in [3.63, 3.8) is 0 Å². The van der Waals surface area contributed by atoms with E-state index in [4.69, 9.17) is 0 Å². The minimum Gasteiger partial charge on any atom is -0.366 e. The molecule has 0 aliphatic carbocycles. The van der Waals surface area contributed by atoms with Crippen molar-refractivity contribution in [1.29, 1.82) is 0 Å². The van der Waals surface area contributed by atoms with Gasteiger partial charge in [0.15, 0.2) is 9.84 Å². The molecular formula is C48H58F2N4O4S. The molecule has 0 spiro atoms. The summed E-state index contributed by atoms with van der Waals surface area (Å²) in [6.07, 6.45) is 2.89. The zero-order chi connectivity index (χ0) is 43.2. The SMILES string of the molecule is Cc1cc(N2CC=C(Cc3cc4c(cc3F)S(=O)(=O)CCN(c3cc(C)c(NC(=O)CC(C)(C)C)c(C)c3)C4)c3cc(F)ccc3C2)cc(C)c1NC(=O)CC(C)(C)C.